The molecule has 0 aliphatic rings. The summed E-state index contributed by atoms with van der Waals surface area (Å²) in [6, 6.07) is 1.42. The largest absolute Gasteiger partial charge is 0.478 e. The van der Waals surface area contributed by atoms with E-state index in [1.54, 1.807) is 6.92 Å². The van der Waals surface area contributed by atoms with Crippen molar-refractivity contribution in [1.29, 1.82) is 0 Å². The molecule has 2 N–H and O–H groups in total. The lowest BCUT2D eigenvalue weighted by molar-refractivity contribution is 0.0695. The van der Waals surface area contributed by atoms with E-state index in [0.717, 1.165) is 0 Å². The number of carbonyl (C=O) groups is 2. The minimum atomic E-state index is -1.13. The maximum absolute atomic E-state index is 11.0. The van der Waals surface area contributed by atoms with Gasteiger partial charge < -0.3 is 10.2 Å². The zero-order chi connectivity index (χ0) is 11.7. The predicted octanol–water partition coefficient (Wildman–Crippen LogP) is 2.46. The highest BCUT2D eigenvalue weighted by molar-refractivity contribution is 9.10. The SMILES string of the molecule is Cc1c(Br)cc(C(=O)O)c(C)c1C(=O)O. The van der Waals surface area contributed by atoms with Gasteiger partial charge in [0.1, 0.15) is 0 Å². The molecule has 0 radical (unpaired) electrons. The van der Waals surface area contributed by atoms with Crippen molar-refractivity contribution in [2.75, 3.05) is 0 Å². The van der Waals surface area contributed by atoms with Gasteiger partial charge in [-0.2, -0.15) is 0 Å². The van der Waals surface area contributed by atoms with Crippen LogP contribution in [0.15, 0.2) is 10.5 Å². The average molecular weight is 273 g/mol. The fourth-order valence-corrected chi connectivity index (χ4v) is 1.85. The first-order valence-electron chi connectivity index (χ1n) is 4.12. The van der Waals surface area contributed by atoms with Crippen LogP contribution in [0.4, 0.5) is 0 Å². The minimum Gasteiger partial charge on any atom is -0.478 e. The van der Waals surface area contributed by atoms with E-state index in [9.17, 15) is 9.59 Å². The van der Waals surface area contributed by atoms with Gasteiger partial charge >= 0.3 is 11.9 Å². The second-order valence-electron chi connectivity index (χ2n) is 3.14. The standard InChI is InChI=1S/C10H9BrO4/c1-4-6(9(12)13)3-7(11)5(2)8(4)10(14)15/h3H,1-2H3,(H,12,13)(H,14,15). The Balaban J connectivity index is 3.63. The third-order valence-corrected chi connectivity index (χ3v) is 3.05. The molecule has 0 atom stereocenters. The van der Waals surface area contributed by atoms with Crippen LogP contribution in [0.1, 0.15) is 31.8 Å². The highest BCUT2D eigenvalue weighted by Crippen LogP contribution is 2.26. The Bertz CT molecular complexity index is 451. The second-order valence-corrected chi connectivity index (χ2v) is 4.00. The molecule has 0 aliphatic carbocycles. The first kappa shape index (κ1) is 11.7. The van der Waals surface area contributed by atoms with Gasteiger partial charge in [0.2, 0.25) is 0 Å². The van der Waals surface area contributed by atoms with Crippen molar-refractivity contribution in [3.05, 3.63) is 32.8 Å². The van der Waals surface area contributed by atoms with Crippen LogP contribution in [-0.4, -0.2) is 22.2 Å². The number of hydrogen-bond donors (Lipinski definition) is 2. The van der Waals surface area contributed by atoms with Gasteiger partial charge in [0, 0.05) is 4.47 Å². The quantitative estimate of drug-likeness (QED) is 0.867. The summed E-state index contributed by atoms with van der Waals surface area (Å²) >= 11 is 3.14. The summed E-state index contributed by atoms with van der Waals surface area (Å²) in [4.78, 5) is 21.8. The number of hydrogen-bond acceptors (Lipinski definition) is 2. The van der Waals surface area contributed by atoms with Crippen molar-refractivity contribution in [2.45, 2.75) is 13.8 Å². The number of benzene rings is 1. The number of rotatable bonds is 2. The Morgan fingerprint density at radius 1 is 1.13 bits per heavy atom. The molecule has 1 aromatic carbocycles. The van der Waals surface area contributed by atoms with Crippen LogP contribution in [0, 0.1) is 13.8 Å². The molecule has 5 heteroatoms. The Labute approximate surface area is 94.7 Å². The molecule has 0 fully saturated rings. The highest BCUT2D eigenvalue weighted by atomic mass is 79.9. The third kappa shape index (κ3) is 2.02. The number of carboxylic acid groups (broad SMARTS) is 2. The molecule has 0 heterocycles. The molecule has 1 rings (SSSR count). The van der Waals surface area contributed by atoms with Gasteiger partial charge in [-0.25, -0.2) is 9.59 Å². The van der Waals surface area contributed by atoms with E-state index in [-0.39, 0.29) is 16.7 Å². The molecule has 80 valence electrons. The van der Waals surface area contributed by atoms with Crippen LogP contribution in [0.3, 0.4) is 0 Å². The summed E-state index contributed by atoms with van der Waals surface area (Å²) in [6.45, 7) is 3.12. The van der Waals surface area contributed by atoms with E-state index in [4.69, 9.17) is 10.2 Å². The summed E-state index contributed by atoms with van der Waals surface area (Å²) in [5.74, 6) is -2.25. The van der Waals surface area contributed by atoms with Crippen molar-refractivity contribution in [1.82, 2.24) is 0 Å². The van der Waals surface area contributed by atoms with E-state index >= 15 is 0 Å². The van der Waals surface area contributed by atoms with E-state index in [1.807, 2.05) is 0 Å². The fraction of sp³-hybridized carbons (Fsp3) is 0.200. The van der Waals surface area contributed by atoms with Crippen LogP contribution in [0.2, 0.25) is 0 Å². The van der Waals surface area contributed by atoms with Gasteiger partial charge in [-0.3, -0.25) is 0 Å². The molecule has 0 bridgehead atoms. The molecule has 0 aromatic heterocycles. The Kier molecular flexibility index (Phi) is 3.14. The maximum atomic E-state index is 11.0. The number of aromatic carboxylic acids is 2. The summed E-state index contributed by atoms with van der Waals surface area (Å²) in [6.07, 6.45) is 0. The maximum Gasteiger partial charge on any atom is 0.336 e. The van der Waals surface area contributed by atoms with Crippen LogP contribution in [0.25, 0.3) is 0 Å². The zero-order valence-corrected chi connectivity index (χ0v) is 9.75. The molecule has 0 aliphatic heterocycles. The predicted molar refractivity (Wildman–Crippen MR) is 57.5 cm³/mol. The van der Waals surface area contributed by atoms with Gasteiger partial charge in [-0.05, 0) is 31.0 Å². The molecule has 15 heavy (non-hydrogen) atoms. The lowest BCUT2D eigenvalue weighted by Gasteiger charge is -2.10. The summed E-state index contributed by atoms with van der Waals surface area (Å²) in [5, 5.41) is 17.8. The third-order valence-electron chi connectivity index (χ3n) is 2.23. The topological polar surface area (TPSA) is 74.6 Å². The molecule has 1 aromatic rings. The van der Waals surface area contributed by atoms with Crippen molar-refractivity contribution in [2.24, 2.45) is 0 Å². The smallest absolute Gasteiger partial charge is 0.336 e. The van der Waals surface area contributed by atoms with E-state index < -0.39 is 11.9 Å². The molecule has 0 unspecified atom stereocenters. The Hall–Kier alpha value is -1.36. The first-order chi connectivity index (χ1) is 6.86. The highest BCUT2D eigenvalue weighted by Gasteiger charge is 2.19. The van der Waals surface area contributed by atoms with Gasteiger partial charge in [-0.15, -0.1) is 0 Å². The van der Waals surface area contributed by atoms with Crippen LogP contribution < -0.4 is 0 Å². The summed E-state index contributed by atoms with van der Waals surface area (Å²) in [5.41, 5.74) is 0.854. The van der Waals surface area contributed by atoms with E-state index in [2.05, 4.69) is 15.9 Å². The molecule has 0 saturated heterocycles. The van der Waals surface area contributed by atoms with Gasteiger partial charge in [0.15, 0.2) is 0 Å². The van der Waals surface area contributed by atoms with Crippen molar-refractivity contribution < 1.29 is 19.8 Å². The van der Waals surface area contributed by atoms with Crippen molar-refractivity contribution in [3.63, 3.8) is 0 Å². The lowest BCUT2D eigenvalue weighted by atomic mass is 9.98. The van der Waals surface area contributed by atoms with Crippen LogP contribution in [-0.2, 0) is 0 Å². The number of halogens is 1. The van der Waals surface area contributed by atoms with E-state index in [1.165, 1.54) is 13.0 Å². The summed E-state index contributed by atoms with van der Waals surface area (Å²) in [7, 11) is 0. The lowest BCUT2D eigenvalue weighted by Crippen LogP contribution is -2.09. The Morgan fingerprint density at radius 2 is 1.67 bits per heavy atom. The zero-order valence-electron chi connectivity index (χ0n) is 8.17. The van der Waals surface area contributed by atoms with Crippen molar-refractivity contribution in [3.8, 4) is 0 Å². The second kappa shape index (κ2) is 4.02. The van der Waals surface area contributed by atoms with Gasteiger partial charge in [0.25, 0.3) is 0 Å². The Morgan fingerprint density at radius 3 is 2.07 bits per heavy atom. The minimum absolute atomic E-state index is 0.00451. The van der Waals surface area contributed by atoms with Gasteiger partial charge in [-0.1, -0.05) is 15.9 Å². The molecular weight excluding hydrogens is 264 g/mol. The summed E-state index contributed by atoms with van der Waals surface area (Å²) < 4.78 is 0.489. The molecule has 0 spiro atoms. The molecular formula is C10H9BrO4. The van der Waals surface area contributed by atoms with Crippen LogP contribution >= 0.6 is 15.9 Å². The van der Waals surface area contributed by atoms with E-state index in [0.29, 0.717) is 10.0 Å². The first-order valence-corrected chi connectivity index (χ1v) is 4.91. The van der Waals surface area contributed by atoms with Crippen LogP contribution in [0.5, 0.6) is 0 Å². The molecule has 0 amide bonds. The molecule has 0 saturated carbocycles. The fourth-order valence-electron chi connectivity index (χ4n) is 1.42. The number of carboxylic acids is 2. The van der Waals surface area contributed by atoms with Gasteiger partial charge in [0.05, 0.1) is 11.1 Å². The molecule has 4 nitrogen and oxygen atoms in total. The monoisotopic (exact) mass is 272 g/mol. The average Bonchev–Trinajstić information content (AvgIpc) is 2.10. The normalized spacial score (nSPS) is 10.1. The van der Waals surface area contributed by atoms with Crippen molar-refractivity contribution >= 4 is 27.9 Å².